The number of alkyl halides is 3. The summed E-state index contributed by atoms with van der Waals surface area (Å²) in [6, 6.07) is 12.3. The zero-order valence-corrected chi connectivity index (χ0v) is 15.0. The molecule has 1 aliphatic rings. The van der Waals surface area contributed by atoms with Gasteiger partial charge in [0.1, 0.15) is 0 Å². The lowest BCUT2D eigenvalue weighted by Crippen LogP contribution is -2.37. The van der Waals surface area contributed by atoms with Crippen LogP contribution in [-0.2, 0) is 17.5 Å². The van der Waals surface area contributed by atoms with Crippen LogP contribution in [0.1, 0.15) is 21.5 Å². The summed E-state index contributed by atoms with van der Waals surface area (Å²) in [6.45, 7) is 3.13. The number of carbonyl (C=O) groups is 1. The van der Waals surface area contributed by atoms with Crippen LogP contribution in [0, 0.1) is 0 Å². The molecule has 1 aliphatic heterocycles. The molecule has 2 aromatic carbocycles. The van der Waals surface area contributed by atoms with Crippen molar-refractivity contribution in [1.29, 1.82) is 0 Å². The number of benzene rings is 2. The molecule has 0 spiro atoms. The van der Waals surface area contributed by atoms with E-state index in [4.69, 9.17) is 4.74 Å². The minimum Gasteiger partial charge on any atom is -0.378 e. The molecular weight excluding hydrogens is 357 g/mol. The molecule has 0 N–H and O–H groups in total. The molecule has 0 aliphatic carbocycles. The fourth-order valence-electron chi connectivity index (χ4n) is 3.13. The molecule has 27 heavy (non-hydrogen) atoms. The number of anilines is 1. The topological polar surface area (TPSA) is 32.8 Å². The molecule has 0 saturated carbocycles. The third-order valence-corrected chi connectivity index (χ3v) is 4.53. The standard InChI is InChI=1S/C20H21F3N2O2/c1-24(19(26)15-6-4-7-17(13-15)20(21,22)23)14-16-5-2-3-8-18(16)25-9-11-27-12-10-25/h2-8,13H,9-12,14H2,1H3. The largest absolute Gasteiger partial charge is 0.416 e. The van der Waals surface area contributed by atoms with Gasteiger partial charge in [0.2, 0.25) is 0 Å². The van der Waals surface area contributed by atoms with Gasteiger partial charge < -0.3 is 14.5 Å². The van der Waals surface area contributed by atoms with Crippen molar-refractivity contribution in [2.24, 2.45) is 0 Å². The first-order valence-electron chi connectivity index (χ1n) is 8.69. The Labute approximate surface area is 156 Å². The van der Waals surface area contributed by atoms with Gasteiger partial charge in [0.05, 0.1) is 18.8 Å². The molecule has 1 amide bonds. The molecule has 2 aromatic rings. The maximum atomic E-state index is 12.9. The lowest BCUT2D eigenvalue weighted by molar-refractivity contribution is -0.137. The summed E-state index contributed by atoms with van der Waals surface area (Å²) in [5, 5.41) is 0. The number of para-hydroxylation sites is 1. The molecule has 4 nitrogen and oxygen atoms in total. The van der Waals surface area contributed by atoms with Gasteiger partial charge in [-0.3, -0.25) is 4.79 Å². The van der Waals surface area contributed by atoms with Crippen LogP contribution in [0.5, 0.6) is 0 Å². The molecule has 1 fully saturated rings. The van der Waals surface area contributed by atoms with Crippen LogP contribution in [0.2, 0.25) is 0 Å². The second-order valence-corrected chi connectivity index (χ2v) is 6.47. The first kappa shape index (κ1) is 19.2. The van der Waals surface area contributed by atoms with Gasteiger partial charge in [-0.25, -0.2) is 0 Å². The van der Waals surface area contributed by atoms with Crippen LogP contribution in [0.3, 0.4) is 0 Å². The van der Waals surface area contributed by atoms with Crippen LogP contribution in [-0.4, -0.2) is 44.2 Å². The van der Waals surface area contributed by atoms with E-state index in [9.17, 15) is 18.0 Å². The highest BCUT2D eigenvalue weighted by Gasteiger charge is 2.31. The maximum absolute atomic E-state index is 12.9. The van der Waals surface area contributed by atoms with E-state index in [-0.39, 0.29) is 5.56 Å². The normalized spacial score (nSPS) is 14.9. The molecule has 0 atom stereocenters. The molecule has 1 heterocycles. The van der Waals surface area contributed by atoms with E-state index in [0.29, 0.717) is 19.8 Å². The van der Waals surface area contributed by atoms with Crippen LogP contribution in [0.4, 0.5) is 18.9 Å². The van der Waals surface area contributed by atoms with Gasteiger partial charge in [-0.05, 0) is 29.8 Å². The lowest BCUT2D eigenvalue weighted by atomic mass is 10.1. The Morgan fingerprint density at radius 2 is 1.81 bits per heavy atom. The first-order chi connectivity index (χ1) is 12.9. The van der Waals surface area contributed by atoms with Gasteiger partial charge in [-0.1, -0.05) is 24.3 Å². The second-order valence-electron chi connectivity index (χ2n) is 6.47. The van der Waals surface area contributed by atoms with E-state index in [0.717, 1.165) is 36.5 Å². The molecule has 0 radical (unpaired) electrons. The number of nitrogens with zero attached hydrogens (tertiary/aromatic N) is 2. The SMILES string of the molecule is CN(Cc1ccccc1N1CCOCC1)C(=O)c1cccc(C(F)(F)F)c1. The van der Waals surface area contributed by atoms with Crippen molar-refractivity contribution in [1.82, 2.24) is 4.90 Å². The Hall–Kier alpha value is -2.54. The van der Waals surface area contributed by atoms with E-state index >= 15 is 0 Å². The summed E-state index contributed by atoms with van der Waals surface area (Å²) in [6.07, 6.45) is -4.47. The van der Waals surface area contributed by atoms with Crippen molar-refractivity contribution in [3.63, 3.8) is 0 Å². The average Bonchev–Trinajstić information content (AvgIpc) is 2.68. The first-order valence-corrected chi connectivity index (χ1v) is 8.69. The van der Waals surface area contributed by atoms with E-state index in [1.165, 1.54) is 17.0 Å². The predicted octanol–water partition coefficient (Wildman–Crippen LogP) is 3.81. The predicted molar refractivity (Wildman–Crippen MR) is 96.7 cm³/mol. The summed E-state index contributed by atoms with van der Waals surface area (Å²) >= 11 is 0. The molecule has 0 unspecified atom stereocenters. The monoisotopic (exact) mass is 378 g/mol. The van der Waals surface area contributed by atoms with Gasteiger partial charge in [-0.15, -0.1) is 0 Å². The molecule has 3 rings (SSSR count). The summed E-state index contributed by atoms with van der Waals surface area (Å²) < 4.78 is 44.1. The van der Waals surface area contributed by atoms with Crippen molar-refractivity contribution in [3.8, 4) is 0 Å². The highest BCUT2D eigenvalue weighted by molar-refractivity contribution is 5.94. The second kappa shape index (κ2) is 8.00. The van der Waals surface area contributed by atoms with E-state index in [1.54, 1.807) is 7.05 Å². The van der Waals surface area contributed by atoms with Crippen molar-refractivity contribution in [2.45, 2.75) is 12.7 Å². The number of morpholine rings is 1. The Morgan fingerprint density at radius 1 is 1.11 bits per heavy atom. The molecule has 1 saturated heterocycles. The number of rotatable bonds is 4. The van der Waals surface area contributed by atoms with Gasteiger partial charge in [0.15, 0.2) is 0 Å². The number of hydrogen-bond acceptors (Lipinski definition) is 3. The van der Waals surface area contributed by atoms with Crippen LogP contribution in [0.25, 0.3) is 0 Å². The number of halogens is 3. The van der Waals surface area contributed by atoms with Gasteiger partial charge in [0.25, 0.3) is 5.91 Å². The molecule has 0 aromatic heterocycles. The smallest absolute Gasteiger partial charge is 0.378 e. The zero-order chi connectivity index (χ0) is 19.4. The molecule has 0 bridgehead atoms. The third kappa shape index (κ3) is 4.60. The minimum atomic E-state index is -4.47. The fraction of sp³-hybridized carbons (Fsp3) is 0.350. The summed E-state index contributed by atoms with van der Waals surface area (Å²) in [4.78, 5) is 16.3. The molecular formula is C20H21F3N2O2. The Balaban J connectivity index is 1.78. The van der Waals surface area contributed by atoms with E-state index in [2.05, 4.69) is 4.90 Å². The number of carbonyl (C=O) groups excluding carboxylic acids is 1. The van der Waals surface area contributed by atoms with Crippen LogP contribution >= 0.6 is 0 Å². The minimum absolute atomic E-state index is 0.0242. The Bertz CT molecular complexity index is 802. The van der Waals surface area contributed by atoms with Gasteiger partial charge in [0, 0.05) is 37.9 Å². The molecule has 144 valence electrons. The van der Waals surface area contributed by atoms with Gasteiger partial charge in [-0.2, -0.15) is 13.2 Å². The average molecular weight is 378 g/mol. The third-order valence-electron chi connectivity index (χ3n) is 4.53. The van der Waals surface area contributed by atoms with Crippen molar-refractivity contribution < 1.29 is 22.7 Å². The van der Waals surface area contributed by atoms with Crippen LogP contribution in [0.15, 0.2) is 48.5 Å². The summed E-state index contributed by atoms with van der Waals surface area (Å²) in [7, 11) is 1.60. The summed E-state index contributed by atoms with van der Waals surface area (Å²) in [5.74, 6) is -0.446. The van der Waals surface area contributed by atoms with Crippen molar-refractivity contribution in [3.05, 3.63) is 65.2 Å². The summed E-state index contributed by atoms with van der Waals surface area (Å²) in [5.41, 5.74) is 1.17. The number of ether oxygens (including phenoxy) is 1. The lowest BCUT2D eigenvalue weighted by Gasteiger charge is -2.31. The van der Waals surface area contributed by atoms with Crippen molar-refractivity contribution >= 4 is 11.6 Å². The highest BCUT2D eigenvalue weighted by atomic mass is 19.4. The fourth-order valence-corrected chi connectivity index (χ4v) is 3.13. The van der Waals surface area contributed by atoms with E-state index < -0.39 is 17.6 Å². The number of hydrogen-bond donors (Lipinski definition) is 0. The number of amides is 1. The maximum Gasteiger partial charge on any atom is 0.416 e. The quantitative estimate of drug-likeness (QED) is 0.811. The van der Waals surface area contributed by atoms with E-state index in [1.807, 2.05) is 24.3 Å². The highest BCUT2D eigenvalue weighted by Crippen LogP contribution is 2.30. The van der Waals surface area contributed by atoms with Crippen LogP contribution < -0.4 is 4.90 Å². The molecule has 7 heteroatoms. The van der Waals surface area contributed by atoms with Gasteiger partial charge >= 0.3 is 6.18 Å². The van der Waals surface area contributed by atoms with Crippen molar-refractivity contribution in [2.75, 3.05) is 38.3 Å². The zero-order valence-electron chi connectivity index (χ0n) is 15.0. The Morgan fingerprint density at radius 3 is 2.52 bits per heavy atom. The Kier molecular flexibility index (Phi) is 5.70.